The summed E-state index contributed by atoms with van der Waals surface area (Å²) < 4.78 is 21.2. The molecular formula is C25H25FN6O3. The fourth-order valence-corrected chi connectivity index (χ4v) is 3.79. The van der Waals surface area contributed by atoms with Gasteiger partial charge in [0, 0.05) is 17.8 Å². The first-order valence-corrected chi connectivity index (χ1v) is 10.9. The van der Waals surface area contributed by atoms with Gasteiger partial charge in [-0.15, -0.1) is 0 Å². The summed E-state index contributed by atoms with van der Waals surface area (Å²) in [5.41, 5.74) is 8.33. The van der Waals surface area contributed by atoms with E-state index < -0.39 is 11.8 Å². The molecule has 10 heteroatoms. The smallest absolute Gasteiger partial charge is 0.323 e. The molecule has 0 atom stereocenters. The number of nitrogens with one attached hydrogen (secondary N) is 2. The molecule has 0 fully saturated rings. The largest absolute Gasteiger partial charge is 0.495 e. The van der Waals surface area contributed by atoms with Crippen LogP contribution in [0.3, 0.4) is 0 Å². The Balaban J connectivity index is 1.68. The van der Waals surface area contributed by atoms with Gasteiger partial charge in [-0.2, -0.15) is 0 Å². The highest BCUT2D eigenvalue weighted by atomic mass is 19.1. The second kappa shape index (κ2) is 9.41. The number of nitrogen functional groups attached to an aromatic ring is 1. The molecule has 0 unspecified atom stereocenters. The summed E-state index contributed by atoms with van der Waals surface area (Å²) in [6, 6.07) is 8.38. The van der Waals surface area contributed by atoms with Crippen LogP contribution in [0.25, 0.3) is 11.0 Å². The fourth-order valence-electron chi connectivity index (χ4n) is 3.79. The van der Waals surface area contributed by atoms with Crippen LogP contribution in [0.2, 0.25) is 0 Å². The highest BCUT2D eigenvalue weighted by Crippen LogP contribution is 2.31. The Morgan fingerprint density at radius 1 is 1.09 bits per heavy atom. The van der Waals surface area contributed by atoms with Gasteiger partial charge in [0.2, 0.25) is 0 Å². The number of amides is 2. The quantitative estimate of drug-likeness (QED) is 0.339. The number of urea groups is 1. The standard InChI is InChI=1S/C25H25FN6O3/c1-13(2)32-11-16(21-23(27)28-12-29-24(21)32)22(33)15-6-8-20(35-4)19(10-15)31-25(34)30-18-9-14(3)5-7-17(18)26/h5-13H,1-4H3,(H2,27,28,29)(H2,30,31,34). The van der Waals surface area contributed by atoms with Gasteiger partial charge >= 0.3 is 6.03 Å². The van der Waals surface area contributed by atoms with E-state index in [0.717, 1.165) is 5.56 Å². The lowest BCUT2D eigenvalue weighted by atomic mass is 10.0. The topological polar surface area (TPSA) is 124 Å². The molecule has 0 saturated carbocycles. The highest BCUT2D eigenvalue weighted by Gasteiger charge is 2.22. The average molecular weight is 477 g/mol. The van der Waals surface area contributed by atoms with Crippen molar-refractivity contribution in [3.63, 3.8) is 0 Å². The summed E-state index contributed by atoms with van der Waals surface area (Å²) in [5.74, 6) is -0.368. The number of carbonyl (C=O) groups excluding carboxylic acids is 2. The molecule has 9 nitrogen and oxygen atoms in total. The SMILES string of the molecule is COc1ccc(C(=O)c2cn(C(C)C)c3ncnc(N)c23)cc1NC(=O)Nc1cc(C)ccc1F. The lowest BCUT2D eigenvalue weighted by Crippen LogP contribution is -2.21. The Kier molecular flexibility index (Phi) is 6.37. The summed E-state index contributed by atoms with van der Waals surface area (Å²) in [7, 11) is 1.44. The molecule has 2 aromatic carbocycles. The number of hydrogen-bond donors (Lipinski definition) is 3. The van der Waals surface area contributed by atoms with Gasteiger partial charge in [0.15, 0.2) is 5.78 Å². The van der Waals surface area contributed by atoms with Crippen LogP contribution in [0.1, 0.15) is 41.4 Å². The number of benzene rings is 2. The van der Waals surface area contributed by atoms with Gasteiger partial charge in [0.05, 0.1) is 29.4 Å². The molecule has 180 valence electrons. The van der Waals surface area contributed by atoms with Crippen LogP contribution in [0.5, 0.6) is 5.75 Å². The van der Waals surface area contributed by atoms with Crippen LogP contribution in [0.4, 0.5) is 26.4 Å². The molecule has 0 aliphatic heterocycles. The van der Waals surface area contributed by atoms with Crippen molar-refractivity contribution in [1.82, 2.24) is 14.5 Å². The van der Waals surface area contributed by atoms with E-state index in [2.05, 4.69) is 20.6 Å². The number of fused-ring (bicyclic) bond motifs is 1. The summed E-state index contributed by atoms with van der Waals surface area (Å²) in [5, 5.41) is 5.57. The van der Waals surface area contributed by atoms with Crippen molar-refractivity contribution in [2.45, 2.75) is 26.8 Å². The van der Waals surface area contributed by atoms with Gasteiger partial charge in [-0.1, -0.05) is 6.07 Å². The minimum atomic E-state index is -0.688. The molecule has 0 saturated heterocycles. The fraction of sp³-hybridized carbons (Fsp3) is 0.200. The number of hydrogen-bond acceptors (Lipinski definition) is 6. The first kappa shape index (κ1) is 23.7. The Labute approximate surface area is 201 Å². The van der Waals surface area contributed by atoms with Crippen molar-refractivity contribution < 1.29 is 18.7 Å². The number of anilines is 3. The van der Waals surface area contributed by atoms with E-state index >= 15 is 0 Å². The third-order valence-electron chi connectivity index (χ3n) is 5.52. The van der Waals surface area contributed by atoms with E-state index in [1.54, 1.807) is 31.3 Å². The van der Waals surface area contributed by atoms with Crippen molar-refractivity contribution in [1.29, 1.82) is 0 Å². The second-order valence-corrected chi connectivity index (χ2v) is 8.31. The molecule has 2 amide bonds. The predicted molar refractivity (Wildman–Crippen MR) is 133 cm³/mol. The normalized spacial score (nSPS) is 11.0. The number of ether oxygens (including phenoxy) is 1. The highest BCUT2D eigenvalue weighted by molar-refractivity contribution is 6.18. The van der Waals surface area contributed by atoms with Crippen LogP contribution in [-0.2, 0) is 0 Å². The Morgan fingerprint density at radius 3 is 2.54 bits per heavy atom. The zero-order chi connectivity index (χ0) is 25.3. The number of aryl methyl sites for hydroxylation is 1. The van der Waals surface area contributed by atoms with Crippen LogP contribution >= 0.6 is 0 Å². The number of aromatic nitrogens is 3. The molecule has 0 radical (unpaired) electrons. The molecule has 0 aliphatic carbocycles. The maximum absolute atomic E-state index is 14.1. The van der Waals surface area contributed by atoms with E-state index in [-0.39, 0.29) is 34.6 Å². The van der Waals surface area contributed by atoms with Gasteiger partial charge in [-0.3, -0.25) is 4.79 Å². The monoisotopic (exact) mass is 476 g/mol. The first-order chi connectivity index (χ1) is 16.7. The Hall–Kier alpha value is -4.47. The number of nitrogens with zero attached hydrogens (tertiary/aromatic N) is 3. The van der Waals surface area contributed by atoms with Crippen LogP contribution in [-0.4, -0.2) is 33.5 Å². The molecule has 2 heterocycles. The second-order valence-electron chi connectivity index (χ2n) is 8.31. The average Bonchev–Trinajstić information content (AvgIpc) is 3.22. The molecular weight excluding hydrogens is 451 g/mol. The molecule has 0 aliphatic rings. The number of ketones is 1. The third kappa shape index (κ3) is 4.63. The van der Waals surface area contributed by atoms with E-state index in [4.69, 9.17) is 10.5 Å². The van der Waals surface area contributed by atoms with E-state index in [9.17, 15) is 14.0 Å². The van der Waals surface area contributed by atoms with Gasteiger partial charge in [-0.05, 0) is 56.7 Å². The zero-order valence-electron chi connectivity index (χ0n) is 19.7. The predicted octanol–water partition coefficient (Wildman–Crippen LogP) is 4.93. The van der Waals surface area contributed by atoms with Crippen molar-refractivity contribution in [3.05, 3.63) is 71.4 Å². The van der Waals surface area contributed by atoms with E-state index in [1.807, 2.05) is 18.4 Å². The van der Waals surface area contributed by atoms with E-state index in [0.29, 0.717) is 22.3 Å². The molecule has 0 spiro atoms. The number of rotatable bonds is 6. The van der Waals surface area contributed by atoms with Gasteiger partial charge in [0.1, 0.15) is 29.4 Å². The van der Waals surface area contributed by atoms with Crippen molar-refractivity contribution >= 4 is 40.0 Å². The van der Waals surface area contributed by atoms with Gasteiger partial charge in [0.25, 0.3) is 0 Å². The van der Waals surface area contributed by atoms with Gasteiger partial charge in [-0.25, -0.2) is 19.2 Å². The molecule has 35 heavy (non-hydrogen) atoms. The molecule has 4 aromatic rings. The number of carbonyl (C=O) groups is 2. The molecule has 4 N–H and O–H groups in total. The maximum atomic E-state index is 14.1. The summed E-state index contributed by atoms with van der Waals surface area (Å²) in [6.45, 7) is 5.73. The van der Waals surface area contributed by atoms with Crippen molar-refractivity contribution in [3.8, 4) is 5.75 Å². The first-order valence-electron chi connectivity index (χ1n) is 10.9. The minimum Gasteiger partial charge on any atom is -0.495 e. The number of nitrogens with two attached hydrogens (primary N) is 1. The van der Waals surface area contributed by atoms with Crippen LogP contribution < -0.4 is 21.1 Å². The van der Waals surface area contributed by atoms with Gasteiger partial charge < -0.3 is 25.7 Å². The summed E-state index contributed by atoms with van der Waals surface area (Å²) >= 11 is 0. The molecule has 2 aromatic heterocycles. The lowest BCUT2D eigenvalue weighted by Gasteiger charge is -2.13. The lowest BCUT2D eigenvalue weighted by molar-refractivity contribution is 0.104. The minimum absolute atomic E-state index is 0.0330. The zero-order valence-corrected chi connectivity index (χ0v) is 19.7. The Morgan fingerprint density at radius 2 is 1.83 bits per heavy atom. The van der Waals surface area contributed by atoms with Crippen LogP contribution in [0, 0.1) is 12.7 Å². The van der Waals surface area contributed by atoms with E-state index in [1.165, 1.54) is 31.6 Å². The number of methoxy groups -OCH3 is 1. The summed E-state index contributed by atoms with van der Waals surface area (Å²) in [6.07, 6.45) is 3.06. The maximum Gasteiger partial charge on any atom is 0.323 e. The van der Waals surface area contributed by atoms with Crippen LogP contribution in [0.15, 0.2) is 48.9 Å². The van der Waals surface area contributed by atoms with Crippen molar-refractivity contribution in [2.24, 2.45) is 0 Å². The third-order valence-corrected chi connectivity index (χ3v) is 5.52. The molecule has 0 bridgehead atoms. The molecule has 4 rings (SSSR count). The summed E-state index contributed by atoms with van der Waals surface area (Å²) in [4.78, 5) is 34.5. The Bertz CT molecular complexity index is 1450. The van der Waals surface area contributed by atoms with Crippen molar-refractivity contribution in [2.75, 3.05) is 23.5 Å². The number of halogens is 1.